The monoisotopic (exact) mass is 211 g/mol. The van der Waals surface area contributed by atoms with E-state index in [4.69, 9.17) is 0 Å². The molecule has 0 aliphatic carbocycles. The first-order valence-corrected chi connectivity index (χ1v) is 4.96. The summed E-state index contributed by atoms with van der Waals surface area (Å²) < 4.78 is 1.76. The van der Waals surface area contributed by atoms with E-state index in [1.54, 1.807) is 17.1 Å². The fourth-order valence-corrected chi connectivity index (χ4v) is 1.76. The lowest BCUT2D eigenvalue weighted by atomic mass is 10.3. The molecule has 4 heteroatoms. The van der Waals surface area contributed by atoms with Crippen LogP contribution in [-0.2, 0) is 0 Å². The molecule has 0 atom stereocenters. The van der Waals surface area contributed by atoms with Gasteiger partial charge in [0, 0.05) is 12.4 Å². The minimum atomic E-state index is -0.119. The molecule has 0 radical (unpaired) electrons. The van der Waals surface area contributed by atoms with Crippen molar-refractivity contribution in [2.75, 3.05) is 0 Å². The van der Waals surface area contributed by atoms with Gasteiger partial charge in [0.25, 0.3) is 5.56 Å². The summed E-state index contributed by atoms with van der Waals surface area (Å²) >= 11 is 0. The fraction of sp³-hybridized carbons (Fsp3) is 0. The molecule has 4 nitrogen and oxygen atoms in total. The highest BCUT2D eigenvalue weighted by molar-refractivity contribution is 5.78. The predicted octanol–water partition coefficient (Wildman–Crippen LogP) is 1.71. The second-order valence-electron chi connectivity index (χ2n) is 3.50. The van der Waals surface area contributed by atoms with E-state index in [1.165, 1.54) is 0 Å². The molecular weight excluding hydrogens is 202 g/mol. The first kappa shape index (κ1) is 8.91. The smallest absolute Gasteiger partial charge is 0.267 e. The molecule has 0 spiro atoms. The van der Waals surface area contributed by atoms with Gasteiger partial charge in [-0.2, -0.15) is 0 Å². The van der Waals surface area contributed by atoms with Crippen LogP contribution >= 0.6 is 0 Å². The highest BCUT2D eigenvalue weighted by Crippen LogP contribution is 2.13. The highest BCUT2D eigenvalue weighted by Gasteiger charge is 2.06. The van der Waals surface area contributed by atoms with Gasteiger partial charge in [-0.3, -0.25) is 19.6 Å². The molecular formula is C12H9N3O. The molecule has 0 aliphatic rings. The SMILES string of the molecule is O=c1[nH]n(-c2ccccc2)c2ccncc12. The molecule has 0 aliphatic heterocycles. The van der Waals surface area contributed by atoms with Crippen molar-refractivity contribution in [1.82, 2.24) is 14.8 Å². The quantitative estimate of drug-likeness (QED) is 0.666. The van der Waals surface area contributed by atoms with E-state index in [0.717, 1.165) is 11.2 Å². The van der Waals surface area contributed by atoms with Crippen molar-refractivity contribution < 1.29 is 0 Å². The molecule has 0 bridgehead atoms. The fourth-order valence-electron chi connectivity index (χ4n) is 1.76. The first-order valence-electron chi connectivity index (χ1n) is 4.96. The maximum Gasteiger partial charge on any atom is 0.273 e. The van der Waals surface area contributed by atoms with E-state index in [0.29, 0.717) is 5.39 Å². The summed E-state index contributed by atoms with van der Waals surface area (Å²) in [5, 5.41) is 3.39. The van der Waals surface area contributed by atoms with Crippen LogP contribution in [0.3, 0.4) is 0 Å². The van der Waals surface area contributed by atoms with Gasteiger partial charge in [-0.1, -0.05) is 18.2 Å². The van der Waals surface area contributed by atoms with Crippen molar-refractivity contribution in [1.29, 1.82) is 0 Å². The van der Waals surface area contributed by atoms with E-state index in [-0.39, 0.29) is 5.56 Å². The number of benzene rings is 1. The van der Waals surface area contributed by atoms with E-state index in [9.17, 15) is 4.79 Å². The normalized spacial score (nSPS) is 10.8. The Hall–Kier alpha value is -2.36. The molecule has 78 valence electrons. The average Bonchev–Trinajstić information content (AvgIpc) is 2.69. The van der Waals surface area contributed by atoms with Gasteiger partial charge >= 0.3 is 0 Å². The van der Waals surface area contributed by atoms with Gasteiger partial charge in [0.15, 0.2) is 0 Å². The van der Waals surface area contributed by atoms with Crippen molar-refractivity contribution >= 4 is 10.9 Å². The number of aromatic amines is 1. The maximum atomic E-state index is 11.7. The Balaban J connectivity index is 2.38. The van der Waals surface area contributed by atoms with Gasteiger partial charge in [-0.05, 0) is 18.2 Å². The molecule has 1 N–H and O–H groups in total. The lowest BCUT2D eigenvalue weighted by Gasteiger charge is -2.02. The summed E-state index contributed by atoms with van der Waals surface area (Å²) in [6.07, 6.45) is 3.25. The maximum absolute atomic E-state index is 11.7. The van der Waals surface area contributed by atoms with Crippen molar-refractivity contribution in [3.63, 3.8) is 0 Å². The number of H-pyrrole nitrogens is 1. The van der Waals surface area contributed by atoms with Crippen LogP contribution in [0.1, 0.15) is 0 Å². The van der Waals surface area contributed by atoms with Crippen molar-refractivity contribution in [2.45, 2.75) is 0 Å². The second-order valence-corrected chi connectivity index (χ2v) is 3.50. The summed E-state index contributed by atoms with van der Waals surface area (Å²) in [7, 11) is 0. The number of nitrogens with zero attached hydrogens (tertiary/aromatic N) is 2. The third-order valence-corrected chi connectivity index (χ3v) is 2.51. The van der Waals surface area contributed by atoms with Crippen LogP contribution in [-0.4, -0.2) is 14.8 Å². The molecule has 1 aromatic carbocycles. The standard InChI is InChI=1S/C12H9N3O/c16-12-10-8-13-7-6-11(10)15(14-12)9-4-2-1-3-5-9/h1-8H,(H,14,16). The number of fused-ring (bicyclic) bond motifs is 1. The summed E-state index contributed by atoms with van der Waals surface area (Å²) in [4.78, 5) is 15.6. The Labute approximate surface area is 91.2 Å². The van der Waals surface area contributed by atoms with Gasteiger partial charge in [0.2, 0.25) is 0 Å². The number of aromatic nitrogens is 3. The lowest BCUT2D eigenvalue weighted by molar-refractivity contribution is 0.891. The lowest BCUT2D eigenvalue weighted by Crippen LogP contribution is -2.03. The third-order valence-electron chi connectivity index (χ3n) is 2.51. The number of pyridine rings is 1. The molecule has 0 amide bonds. The molecule has 16 heavy (non-hydrogen) atoms. The number of para-hydroxylation sites is 1. The molecule has 3 aromatic rings. The Morgan fingerprint density at radius 1 is 1.12 bits per heavy atom. The van der Waals surface area contributed by atoms with Gasteiger partial charge in [-0.25, -0.2) is 0 Å². The first-order chi connectivity index (χ1) is 7.86. The van der Waals surface area contributed by atoms with Crippen LogP contribution in [0, 0.1) is 0 Å². The van der Waals surface area contributed by atoms with Crippen LogP contribution in [0.25, 0.3) is 16.6 Å². The summed E-state index contributed by atoms with van der Waals surface area (Å²) in [6.45, 7) is 0. The average molecular weight is 211 g/mol. The van der Waals surface area contributed by atoms with Crippen LogP contribution in [0.15, 0.2) is 53.6 Å². The van der Waals surface area contributed by atoms with Crippen molar-refractivity contribution in [2.24, 2.45) is 0 Å². The third kappa shape index (κ3) is 1.24. The molecule has 3 rings (SSSR count). The summed E-state index contributed by atoms with van der Waals surface area (Å²) in [6, 6.07) is 11.5. The zero-order valence-corrected chi connectivity index (χ0v) is 8.42. The number of hydrogen-bond acceptors (Lipinski definition) is 2. The number of rotatable bonds is 1. The molecule has 0 saturated heterocycles. The second kappa shape index (κ2) is 3.34. The summed E-state index contributed by atoms with van der Waals surface area (Å²) in [5.41, 5.74) is 1.65. The van der Waals surface area contributed by atoms with Crippen LogP contribution in [0.2, 0.25) is 0 Å². The Kier molecular flexibility index (Phi) is 1.86. The Bertz CT molecular complexity index is 682. The minimum absolute atomic E-state index is 0.119. The molecule has 0 fully saturated rings. The van der Waals surface area contributed by atoms with E-state index >= 15 is 0 Å². The molecule has 2 heterocycles. The van der Waals surface area contributed by atoms with Crippen molar-refractivity contribution in [3.8, 4) is 5.69 Å². The highest BCUT2D eigenvalue weighted by atomic mass is 16.1. The van der Waals surface area contributed by atoms with Gasteiger partial charge in [0.05, 0.1) is 16.6 Å². The zero-order chi connectivity index (χ0) is 11.0. The largest absolute Gasteiger partial charge is 0.273 e. The van der Waals surface area contributed by atoms with Crippen LogP contribution < -0.4 is 5.56 Å². The Morgan fingerprint density at radius 2 is 1.94 bits per heavy atom. The number of hydrogen-bond donors (Lipinski definition) is 1. The van der Waals surface area contributed by atoms with E-state index < -0.39 is 0 Å². The van der Waals surface area contributed by atoms with Crippen LogP contribution in [0.5, 0.6) is 0 Å². The molecule has 2 aromatic heterocycles. The topological polar surface area (TPSA) is 50.7 Å². The molecule has 0 unspecified atom stereocenters. The molecule has 0 saturated carbocycles. The zero-order valence-electron chi connectivity index (χ0n) is 8.42. The van der Waals surface area contributed by atoms with Crippen LogP contribution in [0.4, 0.5) is 0 Å². The number of nitrogens with one attached hydrogen (secondary N) is 1. The Morgan fingerprint density at radius 3 is 2.75 bits per heavy atom. The minimum Gasteiger partial charge on any atom is -0.267 e. The van der Waals surface area contributed by atoms with Gasteiger partial charge in [0.1, 0.15) is 0 Å². The van der Waals surface area contributed by atoms with Gasteiger partial charge in [-0.15, -0.1) is 0 Å². The predicted molar refractivity (Wildman–Crippen MR) is 61.7 cm³/mol. The summed E-state index contributed by atoms with van der Waals surface area (Å²) in [5.74, 6) is 0. The van der Waals surface area contributed by atoms with Crippen molar-refractivity contribution in [3.05, 3.63) is 59.1 Å². The van der Waals surface area contributed by atoms with Gasteiger partial charge < -0.3 is 0 Å². The van der Waals surface area contributed by atoms with E-state index in [1.807, 2.05) is 36.4 Å². The van der Waals surface area contributed by atoms with E-state index in [2.05, 4.69) is 10.1 Å².